The maximum absolute atomic E-state index is 5.66. The van der Waals surface area contributed by atoms with Crippen molar-refractivity contribution >= 4 is 0 Å². The van der Waals surface area contributed by atoms with E-state index in [0.29, 0.717) is 0 Å². The quantitative estimate of drug-likeness (QED) is 0.710. The highest BCUT2D eigenvalue weighted by atomic mass is 16.7. The number of aromatic nitrogens is 1. The molecule has 84 valence electrons. The summed E-state index contributed by atoms with van der Waals surface area (Å²) in [7, 11) is 1.95. The van der Waals surface area contributed by atoms with Gasteiger partial charge in [-0.05, 0) is 32.9 Å². The van der Waals surface area contributed by atoms with Crippen molar-refractivity contribution in [1.82, 2.24) is 10.0 Å². The number of hydrogen-bond acceptors (Lipinski definition) is 3. The van der Waals surface area contributed by atoms with Gasteiger partial charge in [0, 0.05) is 31.9 Å². The van der Waals surface area contributed by atoms with Crippen LogP contribution in [0.4, 0.5) is 0 Å². The lowest BCUT2D eigenvalue weighted by atomic mass is 10.2. The van der Waals surface area contributed by atoms with Crippen LogP contribution in [-0.2, 0) is 11.3 Å². The molecule has 0 spiro atoms. The third-order valence-electron chi connectivity index (χ3n) is 1.84. The molecule has 0 atom stereocenters. The Bertz CT molecular complexity index is 279. The summed E-state index contributed by atoms with van der Waals surface area (Å²) in [6, 6.07) is 5.97. The number of hydrogen-bond donors (Lipinski definition) is 0. The van der Waals surface area contributed by atoms with Gasteiger partial charge < -0.3 is 0 Å². The van der Waals surface area contributed by atoms with Gasteiger partial charge in [0.05, 0.1) is 5.60 Å². The summed E-state index contributed by atoms with van der Waals surface area (Å²) >= 11 is 0. The number of nitrogens with zero attached hydrogens (tertiary/aromatic N) is 2. The maximum Gasteiger partial charge on any atom is 0.0815 e. The van der Waals surface area contributed by atoms with Gasteiger partial charge in [-0.3, -0.25) is 9.82 Å². The van der Waals surface area contributed by atoms with Crippen LogP contribution >= 0.6 is 0 Å². The molecular weight excluding hydrogens is 188 g/mol. The average Bonchev–Trinajstić information content (AvgIpc) is 2.14. The zero-order chi connectivity index (χ0) is 11.3. The van der Waals surface area contributed by atoms with Gasteiger partial charge in [0.1, 0.15) is 0 Å². The monoisotopic (exact) mass is 208 g/mol. The van der Waals surface area contributed by atoms with Crippen LogP contribution in [0.1, 0.15) is 26.5 Å². The van der Waals surface area contributed by atoms with Crippen molar-refractivity contribution in [2.45, 2.75) is 32.8 Å². The highest BCUT2D eigenvalue weighted by Crippen LogP contribution is 2.09. The molecule has 0 saturated carbocycles. The van der Waals surface area contributed by atoms with Crippen molar-refractivity contribution in [2.24, 2.45) is 0 Å². The second-order valence-electron chi connectivity index (χ2n) is 4.63. The van der Waals surface area contributed by atoms with Crippen molar-refractivity contribution < 1.29 is 4.84 Å². The number of hydroxylamine groups is 2. The molecule has 0 aromatic carbocycles. The summed E-state index contributed by atoms with van der Waals surface area (Å²) in [6.45, 7) is 6.99. The smallest absolute Gasteiger partial charge is 0.0815 e. The first kappa shape index (κ1) is 12.1. The molecule has 3 nitrogen and oxygen atoms in total. The van der Waals surface area contributed by atoms with Gasteiger partial charge in [-0.15, -0.1) is 0 Å². The van der Waals surface area contributed by atoms with Crippen LogP contribution in [0.15, 0.2) is 24.4 Å². The molecule has 3 heteroatoms. The molecule has 0 aliphatic rings. The molecule has 15 heavy (non-hydrogen) atoms. The predicted octanol–water partition coefficient (Wildman–Crippen LogP) is 2.29. The fourth-order valence-corrected chi connectivity index (χ4v) is 1.33. The zero-order valence-electron chi connectivity index (χ0n) is 10.0. The third-order valence-corrected chi connectivity index (χ3v) is 1.84. The molecule has 0 fully saturated rings. The lowest BCUT2D eigenvalue weighted by Crippen LogP contribution is -2.32. The SMILES string of the molecule is CN(CCc1ccccn1)OC(C)(C)C. The minimum atomic E-state index is -0.126. The summed E-state index contributed by atoms with van der Waals surface area (Å²) in [4.78, 5) is 9.93. The summed E-state index contributed by atoms with van der Waals surface area (Å²) in [5.74, 6) is 0. The van der Waals surface area contributed by atoms with Gasteiger partial charge in [-0.2, -0.15) is 5.06 Å². The summed E-state index contributed by atoms with van der Waals surface area (Å²) in [5, 5.41) is 1.87. The summed E-state index contributed by atoms with van der Waals surface area (Å²) in [5.41, 5.74) is 0.973. The Kier molecular flexibility index (Phi) is 4.24. The first-order valence-corrected chi connectivity index (χ1v) is 5.27. The van der Waals surface area contributed by atoms with Crippen LogP contribution in [0.25, 0.3) is 0 Å². The molecule has 0 saturated heterocycles. The van der Waals surface area contributed by atoms with Crippen LogP contribution in [0.2, 0.25) is 0 Å². The van der Waals surface area contributed by atoms with Crippen LogP contribution < -0.4 is 0 Å². The Labute approximate surface area is 92.0 Å². The van der Waals surface area contributed by atoms with Crippen LogP contribution in [0, 0.1) is 0 Å². The van der Waals surface area contributed by atoms with Gasteiger partial charge in [-0.25, -0.2) is 0 Å². The molecule has 0 aliphatic carbocycles. The molecule has 0 N–H and O–H groups in total. The van der Waals surface area contributed by atoms with Gasteiger partial charge in [-0.1, -0.05) is 6.07 Å². The Hall–Kier alpha value is -0.930. The van der Waals surface area contributed by atoms with Crippen LogP contribution in [0.3, 0.4) is 0 Å². The zero-order valence-corrected chi connectivity index (χ0v) is 10.0. The molecular formula is C12H20N2O. The normalized spacial score (nSPS) is 12.1. The lowest BCUT2D eigenvalue weighted by Gasteiger charge is -2.26. The Balaban J connectivity index is 2.32. The largest absolute Gasteiger partial charge is 0.294 e. The van der Waals surface area contributed by atoms with Gasteiger partial charge in [0.25, 0.3) is 0 Å². The molecule has 0 aliphatic heterocycles. The first-order valence-electron chi connectivity index (χ1n) is 5.27. The van der Waals surface area contributed by atoms with Crippen molar-refractivity contribution in [3.63, 3.8) is 0 Å². The molecule has 1 aromatic heterocycles. The fourth-order valence-electron chi connectivity index (χ4n) is 1.33. The second-order valence-corrected chi connectivity index (χ2v) is 4.63. The van der Waals surface area contributed by atoms with Crippen molar-refractivity contribution in [2.75, 3.05) is 13.6 Å². The second kappa shape index (κ2) is 5.24. The van der Waals surface area contributed by atoms with E-state index in [-0.39, 0.29) is 5.60 Å². The maximum atomic E-state index is 5.66. The highest BCUT2D eigenvalue weighted by Gasteiger charge is 2.13. The van der Waals surface area contributed by atoms with Gasteiger partial charge in [0.15, 0.2) is 0 Å². The molecule has 1 heterocycles. The van der Waals surface area contributed by atoms with E-state index in [1.807, 2.05) is 57.3 Å². The molecule has 0 radical (unpaired) electrons. The van der Waals surface area contributed by atoms with E-state index in [1.54, 1.807) is 0 Å². The number of rotatable bonds is 4. The van der Waals surface area contributed by atoms with E-state index < -0.39 is 0 Å². The van der Waals surface area contributed by atoms with E-state index in [0.717, 1.165) is 18.7 Å². The predicted molar refractivity (Wildman–Crippen MR) is 61.4 cm³/mol. The Morgan fingerprint density at radius 2 is 2.07 bits per heavy atom. The van der Waals surface area contributed by atoms with E-state index in [2.05, 4.69) is 4.98 Å². The van der Waals surface area contributed by atoms with Crippen molar-refractivity contribution in [3.8, 4) is 0 Å². The summed E-state index contributed by atoms with van der Waals surface area (Å²) in [6.07, 6.45) is 2.73. The Morgan fingerprint density at radius 3 is 2.60 bits per heavy atom. The molecule has 0 unspecified atom stereocenters. The topological polar surface area (TPSA) is 25.4 Å². The fraction of sp³-hybridized carbons (Fsp3) is 0.583. The first-order chi connectivity index (χ1) is 6.97. The van der Waals surface area contributed by atoms with Crippen molar-refractivity contribution in [3.05, 3.63) is 30.1 Å². The van der Waals surface area contributed by atoms with E-state index in [9.17, 15) is 0 Å². The van der Waals surface area contributed by atoms with Gasteiger partial charge in [0.2, 0.25) is 0 Å². The van der Waals surface area contributed by atoms with Crippen LogP contribution in [0.5, 0.6) is 0 Å². The third kappa shape index (κ3) is 5.50. The van der Waals surface area contributed by atoms with Gasteiger partial charge >= 0.3 is 0 Å². The standard InChI is InChI=1S/C12H20N2O/c1-12(2,3)15-14(4)10-8-11-7-5-6-9-13-11/h5-7,9H,8,10H2,1-4H3. The van der Waals surface area contributed by atoms with E-state index in [4.69, 9.17) is 4.84 Å². The van der Waals surface area contributed by atoms with Crippen molar-refractivity contribution in [1.29, 1.82) is 0 Å². The summed E-state index contributed by atoms with van der Waals surface area (Å²) < 4.78 is 0. The number of pyridine rings is 1. The van der Waals surface area contributed by atoms with Crippen LogP contribution in [-0.4, -0.2) is 29.2 Å². The van der Waals surface area contributed by atoms with E-state index >= 15 is 0 Å². The minimum Gasteiger partial charge on any atom is -0.294 e. The highest BCUT2D eigenvalue weighted by molar-refractivity contribution is 5.03. The average molecular weight is 208 g/mol. The number of likely N-dealkylation sites (N-methyl/N-ethyl adjacent to an activating group) is 1. The minimum absolute atomic E-state index is 0.126. The Morgan fingerprint density at radius 1 is 1.33 bits per heavy atom. The van der Waals surface area contributed by atoms with E-state index in [1.165, 1.54) is 0 Å². The molecule has 1 aromatic rings. The molecule has 0 bridgehead atoms. The lowest BCUT2D eigenvalue weighted by molar-refractivity contribution is -0.213. The molecule has 1 rings (SSSR count). The molecule has 0 amide bonds.